The van der Waals surface area contributed by atoms with Crippen LogP contribution in [0.4, 0.5) is 15.8 Å². The summed E-state index contributed by atoms with van der Waals surface area (Å²) >= 11 is 1.42. The van der Waals surface area contributed by atoms with E-state index >= 15 is 0 Å². The zero-order chi connectivity index (χ0) is 24.8. The summed E-state index contributed by atoms with van der Waals surface area (Å²) in [7, 11) is 0. The monoisotopic (exact) mass is 484 g/mol. The molecule has 0 aromatic heterocycles. The Morgan fingerprint density at radius 1 is 0.743 bits per heavy atom. The van der Waals surface area contributed by atoms with Gasteiger partial charge in [-0.25, -0.2) is 4.39 Å². The van der Waals surface area contributed by atoms with Crippen molar-refractivity contribution in [1.29, 1.82) is 0 Å². The molecule has 1 unspecified atom stereocenters. The van der Waals surface area contributed by atoms with E-state index in [4.69, 9.17) is 0 Å². The number of benzene rings is 4. The van der Waals surface area contributed by atoms with Crippen LogP contribution in [-0.2, 0) is 4.79 Å². The first-order chi connectivity index (χ1) is 16.9. The average Bonchev–Trinajstić information content (AvgIpc) is 2.86. The Kier molecular flexibility index (Phi) is 7.63. The third-order valence-corrected chi connectivity index (χ3v) is 6.82. The molecule has 2 amide bonds. The van der Waals surface area contributed by atoms with Gasteiger partial charge >= 0.3 is 0 Å². The van der Waals surface area contributed by atoms with E-state index in [0.717, 1.165) is 27.3 Å². The van der Waals surface area contributed by atoms with Crippen LogP contribution in [0.25, 0.3) is 0 Å². The number of thioether (sulfide) groups is 1. The maximum absolute atomic E-state index is 13.9. The van der Waals surface area contributed by atoms with Crippen molar-refractivity contribution < 1.29 is 14.0 Å². The predicted molar refractivity (Wildman–Crippen MR) is 140 cm³/mol. The summed E-state index contributed by atoms with van der Waals surface area (Å²) in [5.41, 5.74) is 4.25. The fourth-order valence-corrected chi connectivity index (χ4v) is 4.72. The minimum Gasteiger partial charge on any atom is -0.324 e. The van der Waals surface area contributed by atoms with Crippen molar-refractivity contribution in [2.45, 2.75) is 24.0 Å². The maximum Gasteiger partial charge on any atom is 0.258 e. The summed E-state index contributed by atoms with van der Waals surface area (Å²) in [5, 5.41) is 5.34. The Balaban J connectivity index is 1.52. The maximum atomic E-state index is 13.9. The summed E-state index contributed by atoms with van der Waals surface area (Å²) in [6.07, 6.45) is 0. The van der Waals surface area contributed by atoms with Crippen LogP contribution in [0.2, 0.25) is 0 Å². The van der Waals surface area contributed by atoms with Gasteiger partial charge in [0.05, 0.1) is 5.56 Å². The van der Waals surface area contributed by atoms with E-state index in [2.05, 4.69) is 10.6 Å². The highest BCUT2D eigenvalue weighted by Crippen LogP contribution is 2.37. The molecular weight excluding hydrogens is 459 g/mol. The molecule has 1 atom stereocenters. The van der Waals surface area contributed by atoms with Gasteiger partial charge < -0.3 is 10.6 Å². The molecule has 0 heterocycles. The summed E-state index contributed by atoms with van der Waals surface area (Å²) in [5.74, 6) is -1.20. The number of para-hydroxylation sites is 1. The second-order valence-corrected chi connectivity index (χ2v) is 9.30. The molecule has 0 radical (unpaired) electrons. The molecule has 4 aromatic carbocycles. The third-order valence-electron chi connectivity index (χ3n) is 5.55. The molecule has 176 valence electrons. The normalized spacial score (nSPS) is 11.5. The molecule has 0 fully saturated rings. The molecule has 0 saturated carbocycles. The van der Waals surface area contributed by atoms with Gasteiger partial charge in [0.15, 0.2) is 0 Å². The standard InChI is InChI=1S/C29H25FN2O2S/c1-19-9-8-10-20(2)26(19)32-29(34)27(21-11-4-3-5-12-21)35-23-17-15-22(16-18-23)31-28(33)24-13-6-7-14-25(24)30/h3-18,27H,1-2H3,(H,31,33)(H,32,34). The zero-order valence-electron chi connectivity index (χ0n) is 19.4. The van der Waals surface area contributed by atoms with Crippen molar-refractivity contribution >= 4 is 35.0 Å². The minimum atomic E-state index is -0.571. The van der Waals surface area contributed by atoms with E-state index in [0.29, 0.717) is 5.69 Å². The largest absolute Gasteiger partial charge is 0.324 e. The molecule has 0 aliphatic carbocycles. The number of rotatable bonds is 7. The number of carbonyl (C=O) groups excluding carboxylic acids is 2. The average molecular weight is 485 g/mol. The number of aryl methyl sites for hydroxylation is 2. The van der Waals surface area contributed by atoms with Crippen LogP contribution in [0.15, 0.2) is 102 Å². The first-order valence-corrected chi connectivity index (χ1v) is 12.0. The van der Waals surface area contributed by atoms with Gasteiger partial charge in [0, 0.05) is 16.3 Å². The zero-order valence-corrected chi connectivity index (χ0v) is 20.2. The molecule has 6 heteroatoms. The summed E-state index contributed by atoms with van der Waals surface area (Å²) in [6, 6.07) is 28.5. The van der Waals surface area contributed by atoms with Gasteiger partial charge in [-0.15, -0.1) is 11.8 Å². The van der Waals surface area contributed by atoms with Gasteiger partial charge in [-0.1, -0.05) is 60.7 Å². The van der Waals surface area contributed by atoms with Crippen LogP contribution in [0.3, 0.4) is 0 Å². The van der Waals surface area contributed by atoms with Gasteiger partial charge in [0.2, 0.25) is 5.91 Å². The van der Waals surface area contributed by atoms with E-state index in [1.165, 1.54) is 30.0 Å². The van der Waals surface area contributed by atoms with Crippen LogP contribution in [0, 0.1) is 19.7 Å². The number of hydrogen-bond donors (Lipinski definition) is 2. The van der Waals surface area contributed by atoms with E-state index in [9.17, 15) is 14.0 Å². The first-order valence-electron chi connectivity index (χ1n) is 11.2. The third kappa shape index (κ3) is 5.97. The van der Waals surface area contributed by atoms with E-state index < -0.39 is 17.0 Å². The lowest BCUT2D eigenvalue weighted by Gasteiger charge is -2.19. The quantitative estimate of drug-likeness (QED) is 0.274. The molecule has 0 aliphatic heterocycles. The van der Waals surface area contributed by atoms with Crippen LogP contribution in [-0.4, -0.2) is 11.8 Å². The first kappa shape index (κ1) is 24.2. The Hall–Kier alpha value is -3.90. The van der Waals surface area contributed by atoms with E-state index in [1.54, 1.807) is 18.2 Å². The van der Waals surface area contributed by atoms with Crippen LogP contribution in [0.1, 0.15) is 32.3 Å². The number of carbonyl (C=O) groups is 2. The fraction of sp³-hybridized carbons (Fsp3) is 0.103. The molecule has 0 bridgehead atoms. The van der Waals surface area contributed by atoms with Crippen LogP contribution < -0.4 is 10.6 Å². The van der Waals surface area contributed by atoms with Crippen molar-refractivity contribution in [1.82, 2.24) is 0 Å². The van der Waals surface area contributed by atoms with Crippen molar-refractivity contribution in [3.63, 3.8) is 0 Å². The van der Waals surface area contributed by atoms with Gasteiger partial charge in [0.25, 0.3) is 5.91 Å². The molecule has 4 aromatic rings. The molecule has 4 rings (SSSR count). The van der Waals surface area contributed by atoms with Gasteiger partial charge in [-0.05, 0) is 66.9 Å². The SMILES string of the molecule is Cc1cccc(C)c1NC(=O)C(Sc1ccc(NC(=O)c2ccccc2F)cc1)c1ccccc1. The summed E-state index contributed by atoms with van der Waals surface area (Å²) in [4.78, 5) is 26.7. The molecular formula is C29H25FN2O2S. The lowest BCUT2D eigenvalue weighted by Crippen LogP contribution is -2.20. The molecule has 2 N–H and O–H groups in total. The molecule has 4 nitrogen and oxygen atoms in total. The second-order valence-electron chi connectivity index (χ2n) is 8.12. The van der Waals surface area contributed by atoms with Crippen LogP contribution in [0.5, 0.6) is 0 Å². The fourth-order valence-electron chi connectivity index (χ4n) is 3.70. The topological polar surface area (TPSA) is 58.2 Å². The highest BCUT2D eigenvalue weighted by atomic mass is 32.2. The van der Waals surface area contributed by atoms with E-state index in [-0.39, 0.29) is 11.5 Å². The Morgan fingerprint density at radius 3 is 2.03 bits per heavy atom. The van der Waals surface area contributed by atoms with Crippen molar-refractivity contribution in [2.75, 3.05) is 10.6 Å². The summed E-state index contributed by atoms with van der Waals surface area (Å²) < 4.78 is 13.9. The number of nitrogens with one attached hydrogen (secondary N) is 2. The molecule has 0 saturated heterocycles. The lowest BCUT2D eigenvalue weighted by molar-refractivity contribution is -0.115. The Morgan fingerprint density at radius 2 is 1.37 bits per heavy atom. The number of hydrogen-bond acceptors (Lipinski definition) is 3. The second kappa shape index (κ2) is 11.0. The highest BCUT2D eigenvalue weighted by molar-refractivity contribution is 8.00. The molecule has 0 aliphatic rings. The highest BCUT2D eigenvalue weighted by Gasteiger charge is 2.23. The molecule has 0 spiro atoms. The number of halogens is 1. The van der Waals surface area contributed by atoms with Gasteiger partial charge in [-0.2, -0.15) is 0 Å². The number of anilines is 2. The van der Waals surface area contributed by atoms with Crippen molar-refractivity contribution in [3.05, 3.63) is 125 Å². The molecule has 35 heavy (non-hydrogen) atoms. The van der Waals surface area contributed by atoms with Crippen LogP contribution >= 0.6 is 11.8 Å². The Labute approximate surface area is 208 Å². The summed E-state index contributed by atoms with van der Waals surface area (Å²) in [6.45, 7) is 3.95. The van der Waals surface area contributed by atoms with Crippen molar-refractivity contribution in [3.8, 4) is 0 Å². The van der Waals surface area contributed by atoms with Gasteiger partial charge in [-0.3, -0.25) is 9.59 Å². The smallest absolute Gasteiger partial charge is 0.258 e. The number of amides is 2. The van der Waals surface area contributed by atoms with Crippen molar-refractivity contribution in [2.24, 2.45) is 0 Å². The van der Waals surface area contributed by atoms with E-state index in [1.807, 2.05) is 74.5 Å². The minimum absolute atomic E-state index is 0.0155. The predicted octanol–water partition coefficient (Wildman–Crippen LogP) is 7.17. The van der Waals surface area contributed by atoms with Gasteiger partial charge in [0.1, 0.15) is 11.1 Å². The Bertz CT molecular complexity index is 1320. The lowest BCUT2D eigenvalue weighted by atomic mass is 10.1.